The third-order valence-corrected chi connectivity index (χ3v) is 2.71. The monoisotopic (exact) mass is 242 g/mol. The molecule has 0 heterocycles. The molecule has 0 unspecified atom stereocenters. The summed E-state index contributed by atoms with van der Waals surface area (Å²) in [6.07, 6.45) is 6.17. The van der Waals surface area contributed by atoms with E-state index in [0.29, 0.717) is 12.8 Å². The van der Waals surface area contributed by atoms with Crippen LogP contribution in [0.2, 0.25) is 0 Å². The van der Waals surface area contributed by atoms with Gasteiger partial charge in [-0.25, -0.2) is 0 Å². The van der Waals surface area contributed by atoms with Crippen LogP contribution in [0.3, 0.4) is 0 Å². The number of ether oxygens (including phenoxy) is 1. The lowest BCUT2D eigenvalue weighted by Gasteiger charge is -2.12. The normalized spacial score (nSPS) is 12.2. The highest BCUT2D eigenvalue weighted by atomic mass is 16.5. The van der Waals surface area contributed by atoms with E-state index in [9.17, 15) is 9.59 Å². The number of Topliss-reactive ketones (excluding diaryl/α,β-unsaturated/α-hetero) is 1. The summed E-state index contributed by atoms with van der Waals surface area (Å²) in [5.41, 5.74) is 0. The number of hydrogen-bond acceptors (Lipinski definition) is 3. The van der Waals surface area contributed by atoms with E-state index in [0.717, 1.165) is 32.1 Å². The molecule has 0 saturated heterocycles. The second kappa shape index (κ2) is 10.3. The first-order chi connectivity index (χ1) is 8.10. The zero-order chi connectivity index (χ0) is 13.1. The van der Waals surface area contributed by atoms with E-state index < -0.39 is 0 Å². The molecule has 0 aliphatic heterocycles. The van der Waals surface area contributed by atoms with E-state index in [1.54, 1.807) is 0 Å². The first-order valence-electron chi connectivity index (χ1n) is 6.81. The molecule has 0 aromatic heterocycles. The third-order valence-electron chi connectivity index (χ3n) is 2.71. The van der Waals surface area contributed by atoms with Gasteiger partial charge >= 0.3 is 5.97 Å². The highest BCUT2D eigenvalue weighted by molar-refractivity contribution is 5.82. The fourth-order valence-electron chi connectivity index (χ4n) is 1.57. The molecule has 0 radical (unpaired) electrons. The van der Waals surface area contributed by atoms with Crippen LogP contribution in [0.4, 0.5) is 0 Å². The molecule has 0 bridgehead atoms. The maximum absolute atomic E-state index is 11.4. The van der Waals surface area contributed by atoms with Crippen molar-refractivity contribution in [2.24, 2.45) is 0 Å². The lowest BCUT2D eigenvalue weighted by molar-refractivity contribution is -0.149. The molecule has 0 aliphatic rings. The van der Waals surface area contributed by atoms with Crippen LogP contribution in [0, 0.1) is 0 Å². The molecule has 17 heavy (non-hydrogen) atoms. The molecule has 0 N–H and O–H groups in total. The van der Waals surface area contributed by atoms with Gasteiger partial charge in [0.1, 0.15) is 5.78 Å². The highest BCUT2D eigenvalue weighted by Gasteiger charge is 2.11. The van der Waals surface area contributed by atoms with Gasteiger partial charge in [-0.2, -0.15) is 0 Å². The quantitative estimate of drug-likeness (QED) is 0.549. The van der Waals surface area contributed by atoms with E-state index in [2.05, 4.69) is 13.8 Å². The standard InChI is InChI=1S/C14H26O3/c1-4-6-8-12(3)17-14(16)11-10-13(15)9-7-5-2/h12H,4-11H2,1-3H3/t12-/m1/s1. The average Bonchev–Trinajstić information content (AvgIpc) is 2.31. The predicted octanol–water partition coefficient (Wildman–Crippen LogP) is 3.65. The maximum atomic E-state index is 11.4. The van der Waals surface area contributed by atoms with Crippen LogP contribution >= 0.6 is 0 Å². The van der Waals surface area contributed by atoms with Gasteiger partial charge in [-0.05, 0) is 19.8 Å². The first kappa shape index (κ1) is 16.1. The zero-order valence-corrected chi connectivity index (χ0v) is 11.5. The molecule has 3 nitrogen and oxygen atoms in total. The smallest absolute Gasteiger partial charge is 0.306 e. The fraction of sp³-hybridized carbons (Fsp3) is 0.857. The Morgan fingerprint density at radius 3 is 2.24 bits per heavy atom. The lowest BCUT2D eigenvalue weighted by Crippen LogP contribution is -2.15. The van der Waals surface area contributed by atoms with E-state index in [1.165, 1.54) is 0 Å². The van der Waals surface area contributed by atoms with Gasteiger partial charge in [0.25, 0.3) is 0 Å². The average molecular weight is 242 g/mol. The van der Waals surface area contributed by atoms with E-state index in [-0.39, 0.29) is 24.3 Å². The Labute approximate surface area is 105 Å². The van der Waals surface area contributed by atoms with Crippen LogP contribution in [-0.2, 0) is 14.3 Å². The summed E-state index contributed by atoms with van der Waals surface area (Å²) < 4.78 is 5.22. The maximum Gasteiger partial charge on any atom is 0.306 e. The number of carbonyl (C=O) groups excluding carboxylic acids is 2. The van der Waals surface area contributed by atoms with Crippen LogP contribution in [0.15, 0.2) is 0 Å². The molecule has 0 aromatic carbocycles. The van der Waals surface area contributed by atoms with E-state index in [1.807, 2.05) is 6.92 Å². The Balaban J connectivity index is 3.61. The summed E-state index contributed by atoms with van der Waals surface area (Å²) in [6, 6.07) is 0. The van der Waals surface area contributed by atoms with Crippen LogP contribution in [-0.4, -0.2) is 17.9 Å². The van der Waals surface area contributed by atoms with Gasteiger partial charge in [0, 0.05) is 12.8 Å². The first-order valence-corrected chi connectivity index (χ1v) is 6.81. The topological polar surface area (TPSA) is 43.4 Å². The van der Waals surface area contributed by atoms with Gasteiger partial charge in [0.05, 0.1) is 12.5 Å². The molecule has 1 atom stereocenters. The van der Waals surface area contributed by atoms with Crippen molar-refractivity contribution in [2.45, 2.75) is 78.2 Å². The number of rotatable bonds is 10. The van der Waals surface area contributed by atoms with Gasteiger partial charge in [-0.15, -0.1) is 0 Å². The molecule has 3 heteroatoms. The van der Waals surface area contributed by atoms with Gasteiger partial charge in [-0.3, -0.25) is 9.59 Å². The van der Waals surface area contributed by atoms with Crippen molar-refractivity contribution >= 4 is 11.8 Å². The van der Waals surface area contributed by atoms with Crippen molar-refractivity contribution in [1.82, 2.24) is 0 Å². The molecular formula is C14H26O3. The Morgan fingerprint density at radius 2 is 1.65 bits per heavy atom. The summed E-state index contributed by atoms with van der Waals surface area (Å²) in [7, 11) is 0. The Morgan fingerprint density at radius 1 is 1.00 bits per heavy atom. The van der Waals surface area contributed by atoms with Crippen molar-refractivity contribution in [3.8, 4) is 0 Å². The number of hydrogen-bond donors (Lipinski definition) is 0. The number of unbranched alkanes of at least 4 members (excludes halogenated alkanes) is 2. The van der Waals surface area contributed by atoms with E-state index >= 15 is 0 Å². The Kier molecular flexibility index (Phi) is 9.78. The van der Waals surface area contributed by atoms with Crippen molar-refractivity contribution in [3.05, 3.63) is 0 Å². The summed E-state index contributed by atoms with van der Waals surface area (Å²) in [5, 5.41) is 0. The van der Waals surface area contributed by atoms with Crippen molar-refractivity contribution < 1.29 is 14.3 Å². The van der Waals surface area contributed by atoms with Gasteiger partial charge < -0.3 is 4.74 Å². The minimum atomic E-state index is -0.238. The number of ketones is 1. The molecule has 0 fully saturated rings. The minimum Gasteiger partial charge on any atom is -0.463 e. The summed E-state index contributed by atoms with van der Waals surface area (Å²) in [4.78, 5) is 22.8. The second-order valence-corrected chi connectivity index (χ2v) is 4.58. The molecule has 0 rings (SSSR count). The molecule has 0 aromatic rings. The van der Waals surface area contributed by atoms with Gasteiger partial charge in [-0.1, -0.05) is 33.1 Å². The lowest BCUT2D eigenvalue weighted by atomic mass is 10.1. The molecule has 100 valence electrons. The van der Waals surface area contributed by atoms with Crippen molar-refractivity contribution in [2.75, 3.05) is 0 Å². The Hall–Kier alpha value is -0.860. The van der Waals surface area contributed by atoms with Crippen LogP contribution in [0.1, 0.15) is 72.1 Å². The van der Waals surface area contributed by atoms with E-state index in [4.69, 9.17) is 4.74 Å². The SMILES string of the molecule is CCCCC(=O)CCC(=O)O[C@H](C)CCCC. The largest absolute Gasteiger partial charge is 0.463 e. The molecular weight excluding hydrogens is 216 g/mol. The summed E-state index contributed by atoms with van der Waals surface area (Å²) in [6.45, 7) is 6.07. The fourth-order valence-corrected chi connectivity index (χ4v) is 1.57. The van der Waals surface area contributed by atoms with Crippen LogP contribution in [0.25, 0.3) is 0 Å². The zero-order valence-electron chi connectivity index (χ0n) is 11.5. The van der Waals surface area contributed by atoms with Crippen LogP contribution < -0.4 is 0 Å². The number of carbonyl (C=O) groups is 2. The van der Waals surface area contributed by atoms with Crippen molar-refractivity contribution in [1.29, 1.82) is 0 Å². The second-order valence-electron chi connectivity index (χ2n) is 4.58. The summed E-state index contributed by atoms with van der Waals surface area (Å²) >= 11 is 0. The predicted molar refractivity (Wildman–Crippen MR) is 68.8 cm³/mol. The third kappa shape index (κ3) is 10.0. The van der Waals surface area contributed by atoms with Crippen LogP contribution in [0.5, 0.6) is 0 Å². The molecule has 0 saturated carbocycles. The van der Waals surface area contributed by atoms with Crippen molar-refractivity contribution in [3.63, 3.8) is 0 Å². The molecule has 0 aliphatic carbocycles. The number of esters is 1. The molecule has 0 amide bonds. The summed E-state index contributed by atoms with van der Waals surface area (Å²) in [5.74, 6) is -0.0662. The van der Waals surface area contributed by atoms with Gasteiger partial charge in [0.15, 0.2) is 0 Å². The minimum absolute atomic E-state index is 0.0202. The Bertz CT molecular complexity index is 224. The molecule has 0 spiro atoms. The van der Waals surface area contributed by atoms with Gasteiger partial charge in [0.2, 0.25) is 0 Å². The highest BCUT2D eigenvalue weighted by Crippen LogP contribution is 2.07.